The Kier molecular flexibility index (Phi) is 15.9. The van der Waals surface area contributed by atoms with Crippen LogP contribution in [0.25, 0.3) is 0 Å². The molecule has 0 bridgehead atoms. The summed E-state index contributed by atoms with van der Waals surface area (Å²) in [6.07, 6.45) is -0.421. The SMILES string of the molecule is COC(=O)c1cc(F)cc(Br)c1.COP(=O)(CC(=O)c1cc(F)cc(Br)c1)OC.COP(C)(=O)OC. The van der Waals surface area contributed by atoms with Gasteiger partial charge in [0.15, 0.2) is 5.78 Å². The molecule has 9 nitrogen and oxygen atoms in total. The molecular formula is C21H26Br2F2O9P2. The number of methoxy groups -OCH3 is 1. The molecule has 2 aromatic carbocycles. The van der Waals surface area contributed by atoms with Crippen LogP contribution in [0.2, 0.25) is 0 Å². The smallest absolute Gasteiger partial charge is 0.337 e. The van der Waals surface area contributed by atoms with Crippen molar-refractivity contribution >= 4 is 58.8 Å². The van der Waals surface area contributed by atoms with Crippen molar-refractivity contribution in [2.24, 2.45) is 0 Å². The van der Waals surface area contributed by atoms with Crippen molar-refractivity contribution in [1.82, 2.24) is 0 Å². The minimum absolute atomic E-state index is 0.117. The van der Waals surface area contributed by atoms with E-state index < -0.39 is 44.7 Å². The Morgan fingerprint density at radius 1 is 0.750 bits per heavy atom. The second-order valence-corrected chi connectivity index (χ2v) is 12.9. The Hall–Kier alpha value is -1.30. The Morgan fingerprint density at radius 2 is 1.17 bits per heavy atom. The van der Waals surface area contributed by atoms with Crippen LogP contribution in [-0.2, 0) is 32.0 Å². The van der Waals surface area contributed by atoms with Gasteiger partial charge in [0.05, 0.1) is 12.7 Å². The van der Waals surface area contributed by atoms with Crippen molar-refractivity contribution in [2.75, 3.05) is 48.4 Å². The van der Waals surface area contributed by atoms with Crippen LogP contribution in [0.15, 0.2) is 45.3 Å². The molecule has 0 radical (unpaired) electrons. The molecule has 0 N–H and O–H groups in total. The number of Topliss-reactive ketones (excluding diaryl/α,β-unsaturated/α-hetero) is 1. The zero-order valence-corrected chi connectivity index (χ0v) is 25.2. The molecule has 36 heavy (non-hydrogen) atoms. The van der Waals surface area contributed by atoms with Crippen molar-refractivity contribution in [3.8, 4) is 0 Å². The zero-order valence-electron chi connectivity index (χ0n) is 20.3. The van der Waals surface area contributed by atoms with E-state index in [1.807, 2.05) is 0 Å². The Bertz CT molecular complexity index is 1080. The number of benzene rings is 2. The third kappa shape index (κ3) is 13.3. The van der Waals surface area contributed by atoms with E-state index in [2.05, 4.69) is 54.7 Å². The fraction of sp³-hybridized carbons (Fsp3) is 0.333. The maximum Gasteiger partial charge on any atom is 0.337 e. The van der Waals surface area contributed by atoms with Gasteiger partial charge < -0.3 is 22.8 Å². The standard InChI is InChI=1S/C10H11BrFO4P.C8H6BrFO2.C3H9O3P/c1-15-17(14,16-2)6-10(13)7-3-8(11)5-9(12)4-7;1-12-8(11)5-2-6(9)4-7(10)3-5;1-5-7(3,4)6-2/h3-5H,6H2,1-2H3;2-4H,1H3;1-3H3. The Morgan fingerprint density at radius 3 is 1.50 bits per heavy atom. The molecule has 0 fully saturated rings. The highest BCUT2D eigenvalue weighted by atomic mass is 79.9. The molecule has 0 unspecified atom stereocenters. The summed E-state index contributed by atoms with van der Waals surface area (Å²) in [5.74, 6) is -2.07. The first-order valence-corrected chi connectivity index (χ1v) is 14.9. The van der Waals surface area contributed by atoms with E-state index in [4.69, 9.17) is 0 Å². The van der Waals surface area contributed by atoms with Gasteiger partial charge in [-0.2, -0.15) is 0 Å². The lowest BCUT2D eigenvalue weighted by atomic mass is 10.1. The lowest BCUT2D eigenvalue weighted by molar-refractivity contribution is 0.0600. The van der Waals surface area contributed by atoms with Gasteiger partial charge >= 0.3 is 21.2 Å². The molecule has 0 aliphatic heterocycles. The van der Waals surface area contributed by atoms with Crippen molar-refractivity contribution in [3.05, 3.63) is 68.1 Å². The normalized spacial score (nSPS) is 10.9. The Labute approximate surface area is 225 Å². The summed E-state index contributed by atoms with van der Waals surface area (Å²) in [6.45, 7) is 1.41. The van der Waals surface area contributed by atoms with E-state index in [0.29, 0.717) is 8.95 Å². The first-order chi connectivity index (χ1) is 16.6. The van der Waals surface area contributed by atoms with Gasteiger partial charge in [0, 0.05) is 49.6 Å². The fourth-order valence-electron chi connectivity index (χ4n) is 2.05. The van der Waals surface area contributed by atoms with E-state index >= 15 is 0 Å². The van der Waals surface area contributed by atoms with Crippen LogP contribution >= 0.6 is 47.1 Å². The average molecular weight is 682 g/mol. The zero-order chi connectivity index (χ0) is 28.1. The number of hydrogen-bond donors (Lipinski definition) is 0. The molecule has 0 aliphatic carbocycles. The van der Waals surface area contributed by atoms with Crippen molar-refractivity contribution in [1.29, 1.82) is 0 Å². The number of rotatable bonds is 8. The van der Waals surface area contributed by atoms with E-state index in [1.54, 1.807) is 0 Å². The van der Waals surface area contributed by atoms with Gasteiger partial charge in [-0.3, -0.25) is 13.9 Å². The number of esters is 1. The number of hydrogen-bond acceptors (Lipinski definition) is 9. The van der Waals surface area contributed by atoms with Gasteiger partial charge in [-0.05, 0) is 36.4 Å². The molecule has 0 aromatic heterocycles. The molecule has 202 valence electrons. The first kappa shape index (κ1) is 34.7. The maximum atomic E-state index is 13.1. The lowest BCUT2D eigenvalue weighted by Crippen LogP contribution is -2.08. The monoisotopic (exact) mass is 680 g/mol. The number of ketones is 1. The second-order valence-electron chi connectivity index (χ2n) is 6.50. The van der Waals surface area contributed by atoms with E-state index in [1.165, 1.54) is 66.5 Å². The largest absolute Gasteiger partial charge is 0.465 e. The Balaban J connectivity index is 0.000000561. The van der Waals surface area contributed by atoms with Gasteiger partial charge in [-0.15, -0.1) is 0 Å². The number of carbonyl (C=O) groups is 2. The molecule has 0 heterocycles. The van der Waals surface area contributed by atoms with Crippen LogP contribution < -0.4 is 0 Å². The molecule has 0 saturated carbocycles. The number of carbonyl (C=O) groups excluding carboxylic acids is 2. The topological polar surface area (TPSA) is 114 Å². The molecule has 15 heteroatoms. The first-order valence-electron chi connectivity index (χ1n) is 9.59. The molecular weight excluding hydrogens is 656 g/mol. The highest BCUT2D eigenvalue weighted by Gasteiger charge is 2.26. The predicted octanol–water partition coefficient (Wildman–Crippen LogP) is 6.73. The van der Waals surface area contributed by atoms with Gasteiger partial charge in [0.2, 0.25) is 0 Å². The molecule has 2 aromatic rings. The van der Waals surface area contributed by atoms with Gasteiger partial charge in [-0.1, -0.05) is 31.9 Å². The number of halogens is 4. The van der Waals surface area contributed by atoms with Gasteiger partial charge in [0.1, 0.15) is 17.8 Å². The highest BCUT2D eigenvalue weighted by Crippen LogP contribution is 2.46. The summed E-state index contributed by atoms with van der Waals surface area (Å²) < 4.78 is 71.5. The molecule has 2 rings (SSSR count). The third-order valence-corrected chi connectivity index (χ3v) is 8.05. The summed E-state index contributed by atoms with van der Waals surface area (Å²) in [5, 5.41) is 0. The molecule has 0 aliphatic rings. The van der Waals surface area contributed by atoms with Gasteiger partial charge in [0.25, 0.3) is 0 Å². The minimum Gasteiger partial charge on any atom is -0.465 e. The van der Waals surface area contributed by atoms with Crippen molar-refractivity contribution < 1.29 is 50.3 Å². The lowest BCUT2D eigenvalue weighted by Gasteiger charge is -2.12. The van der Waals surface area contributed by atoms with Crippen LogP contribution in [0.4, 0.5) is 8.78 Å². The van der Waals surface area contributed by atoms with E-state index in [-0.39, 0.29) is 11.1 Å². The van der Waals surface area contributed by atoms with Crippen LogP contribution in [0.1, 0.15) is 20.7 Å². The van der Waals surface area contributed by atoms with Crippen LogP contribution in [0.3, 0.4) is 0 Å². The summed E-state index contributed by atoms with van der Waals surface area (Å²) >= 11 is 6.13. The molecule has 0 saturated heterocycles. The number of ether oxygens (including phenoxy) is 1. The predicted molar refractivity (Wildman–Crippen MR) is 138 cm³/mol. The summed E-state index contributed by atoms with van der Waals surface area (Å²) in [7, 11) is 0.266. The maximum absolute atomic E-state index is 13.1. The summed E-state index contributed by atoms with van der Waals surface area (Å²) in [6, 6.07) is 7.63. The highest BCUT2D eigenvalue weighted by molar-refractivity contribution is 9.10. The average Bonchev–Trinajstić information content (AvgIpc) is 2.83. The second kappa shape index (κ2) is 16.5. The van der Waals surface area contributed by atoms with Crippen molar-refractivity contribution in [3.63, 3.8) is 0 Å². The van der Waals surface area contributed by atoms with Gasteiger partial charge in [-0.25, -0.2) is 13.6 Å². The third-order valence-electron chi connectivity index (χ3n) is 4.03. The quantitative estimate of drug-likeness (QED) is 0.170. The molecule has 0 amide bonds. The van der Waals surface area contributed by atoms with E-state index in [0.717, 1.165) is 12.1 Å². The van der Waals surface area contributed by atoms with Crippen LogP contribution in [-0.4, -0.2) is 60.1 Å². The molecule has 0 atom stereocenters. The van der Waals surface area contributed by atoms with Crippen molar-refractivity contribution in [2.45, 2.75) is 0 Å². The molecule has 0 spiro atoms. The van der Waals surface area contributed by atoms with Crippen LogP contribution in [0, 0.1) is 11.6 Å². The van der Waals surface area contributed by atoms with Crippen LogP contribution in [0.5, 0.6) is 0 Å². The minimum atomic E-state index is -3.42. The fourth-order valence-corrected chi connectivity index (χ4v) is 4.07. The summed E-state index contributed by atoms with van der Waals surface area (Å²) in [4.78, 5) is 22.7. The summed E-state index contributed by atoms with van der Waals surface area (Å²) in [5.41, 5.74) is 0.315. The van der Waals surface area contributed by atoms with E-state index in [9.17, 15) is 27.5 Å².